The van der Waals surface area contributed by atoms with Gasteiger partial charge in [-0.3, -0.25) is 14.6 Å². The number of hydrogen-bond donors (Lipinski definition) is 1. The average Bonchev–Trinajstić information content (AvgIpc) is 3.37. The first-order valence-corrected chi connectivity index (χ1v) is 12.7. The zero-order chi connectivity index (χ0) is 23.2. The highest BCUT2D eigenvalue weighted by Crippen LogP contribution is 2.36. The van der Waals surface area contributed by atoms with E-state index in [1.54, 1.807) is 0 Å². The molecule has 176 valence electrons. The van der Waals surface area contributed by atoms with E-state index in [0.29, 0.717) is 0 Å². The number of pyridine rings is 1. The minimum absolute atomic E-state index is 0.00455. The van der Waals surface area contributed by atoms with Gasteiger partial charge in [0.2, 0.25) is 11.8 Å². The van der Waals surface area contributed by atoms with Gasteiger partial charge in [-0.25, -0.2) is 0 Å². The van der Waals surface area contributed by atoms with Gasteiger partial charge in [0.05, 0.1) is 6.04 Å². The van der Waals surface area contributed by atoms with Gasteiger partial charge in [-0.1, -0.05) is 63.4 Å². The van der Waals surface area contributed by atoms with Gasteiger partial charge in [0.1, 0.15) is 6.04 Å². The summed E-state index contributed by atoms with van der Waals surface area (Å²) in [6.07, 6.45) is 12.0. The summed E-state index contributed by atoms with van der Waals surface area (Å²) < 4.78 is 0. The molecule has 2 heterocycles. The van der Waals surface area contributed by atoms with E-state index in [-0.39, 0.29) is 29.7 Å². The first kappa shape index (κ1) is 23.5. The van der Waals surface area contributed by atoms with Gasteiger partial charge in [-0.15, -0.1) is 0 Å². The fourth-order valence-electron chi connectivity index (χ4n) is 5.31. The number of likely N-dealkylation sites (tertiary alicyclic amines) is 1. The molecular formula is C28H37N3O2. The van der Waals surface area contributed by atoms with Crippen molar-refractivity contribution in [3.05, 3.63) is 54.4 Å². The lowest BCUT2D eigenvalue weighted by molar-refractivity contribution is -0.140. The minimum atomic E-state index is -0.419. The summed E-state index contributed by atoms with van der Waals surface area (Å²) in [4.78, 5) is 33.3. The fraction of sp³-hybridized carbons (Fsp3) is 0.536. The van der Waals surface area contributed by atoms with E-state index >= 15 is 0 Å². The van der Waals surface area contributed by atoms with Crippen LogP contribution >= 0.6 is 0 Å². The van der Waals surface area contributed by atoms with E-state index in [1.807, 2.05) is 49.3 Å². The van der Waals surface area contributed by atoms with Crippen LogP contribution < -0.4 is 5.32 Å². The van der Waals surface area contributed by atoms with Crippen molar-refractivity contribution in [3.8, 4) is 11.1 Å². The summed E-state index contributed by atoms with van der Waals surface area (Å²) in [6, 6.07) is 12.0. The average molecular weight is 448 g/mol. The van der Waals surface area contributed by atoms with Gasteiger partial charge >= 0.3 is 0 Å². The zero-order valence-electron chi connectivity index (χ0n) is 20.0. The number of hydrogen-bond acceptors (Lipinski definition) is 3. The lowest BCUT2D eigenvalue weighted by Gasteiger charge is -2.35. The molecule has 1 aliphatic carbocycles. The van der Waals surface area contributed by atoms with Crippen molar-refractivity contribution in [2.45, 2.75) is 77.3 Å². The number of carbonyl (C=O) groups excluding carboxylic acids is 2. The van der Waals surface area contributed by atoms with Crippen LogP contribution in [0.15, 0.2) is 48.8 Å². The molecule has 0 bridgehead atoms. The van der Waals surface area contributed by atoms with Gasteiger partial charge in [-0.2, -0.15) is 0 Å². The van der Waals surface area contributed by atoms with Crippen LogP contribution in [0.4, 0.5) is 0 Å². The summed E-state index contributed by atoms with van der Waals surface area (Å²) >= 11 is 0. The molecule has 2 aromatic rings. The maximum Gasteiger partial charge on any atom is 0.245 e. The monoisotopic (exact) mass is 447 g/mol. The smallest absolute Gasteiger partial charge is 0.245 e. The lowest BCUT2D eigenvalue weighted by atomic mass is 9.83. The largest absolute Gasteiger partial charge is 0.344 e. The highest BCUT2D eigenvalue weighted by atomic mass is 16.2. The number of nitrogens with zero attached hydrogens (tertiary/aromatic N) is 2. The third-order valence-electron chi connectivity index (χ3n) is 7.53. The zero-order valence-corrected chi connectivity index (χ0v) is 20.0. The van der Waals surface area contributed by atoms with Gasteiger partial charge < -0.3 is 10.2 Å². The van der Waals surface area contributed by atoms with E-state index in [0.717, 1.165) is 68.2 Å². The van der Waals surface area contributed by atoms with E-state index in [2.05, 4.69) is 28.5 Å². The van der Waals surface area contributed by atoms with E-state index in [9.17, 15) is 9.59 Å². The molecule has 1 saturated heterocycles. The van der Waals surface area contributed by atoms with Crippen LogP contribution in [0.2, 0.25) is 0 Å². The molecule has 5 heteroatoms. The van der Waals surface area contributed by atoms with Crippen LogP contribution in [0.25, 0.3) is 11.1 Å². The Morgan fingerprint density at radius 1 is 1.03 bits per heavy atom. The molecular weight excluding hydrogens is 410 g/mol. The van der Waals surface area contributed by atoms with Crippen LogP contribution in [-0.4, -0.2) is 34.3 Å². The molecule has 2 fully saturated rings. The molecule has 2 amide bonds. The maximum absolute atomic E-state index is 13.9. The van der Waals surface area contributed by atoms with E-state index in [4.69, 9.17) is 0 Å². The predicted molar refractivity (Wildman–Crippen MR) is 131 cm³/mol. The van der Waals surface area contributed by atoms with Gasteiger partial charge in [-0.05, 0) is 55.2 Å². The van der Waals surface area contributed by atoms with Crippen molar-refractivity contribution in [1.29, 1.82) is 0 Å². The molecule has 3 unspecified atom stereocenters. The SMILES string of the molecule is CCC(C)C(=O)NC(C(=O)N1CCCC1c1cncc(-c2ccccc2)c1)C1CCCCC1. The summed E-state index contributed by atoms with van der Waals surface area (Å²) in [6.45, 7) is 4.70. The van der Waals surface area contributed by atoms with Gasteiger partial charge in [0.15, 0.2) is 0 Å². The van der Waals surface area contributed by atoms with E-state index in [1.165, 1.54) is 6.42 Å². The molecule has 1 aromatic carbocycles. The number of rotatable bonds is 7. The Morgan fingerprint density at radius 3 is 2.52 bits per heavy atom. The molecule has 1 aliphatic heterocycles. The second-order valence-corrected chi connectivity index (χ2v) is 9.76. The van der Waals surface area contributed by atoms with Crippen LogP contribution in [0, 0.1) is 11.8 Å². The first-order valence-electron chi connectivity index (χ1n) is 12.7. The van der Waals surface area contributed by atoms with Crippen LogP contribution in [0.1, 0.15) is 76.8 Å². The Kier molecular flexibility index (Phi) is 7.79. The first-order chi connectivity index (χ1) is 16.1. The highest BCUT2D eigenvalue weighted by molar-refractivity contribution is 5.89. The molecule has 33 heavy (non-hydrogen) atoms. The summed E-state index contributed by atoms with van der Waals surface area (Å²) in [5, 5.41) is 3.18. The van der Waals surface area contributed by atoms with Crippen LogP contribution in [-0.2, 0) is 9.59 Å². The van der Waals surface area contributed by atoms with Crippen molar-refractivity contribution in [3.63, 3.8) is 0 Å². The molecule has 1 N–H and O–H groups in total. The third kappa shape index (κ3) is 5.45. The Balaban J connectivity index is 1.57. The van der Waals surface area contributed by atoms with Crippen molar-refractivity contribution in [2.75, 3.05) is 6.54 Å². The van der Waals surface area contributed by atoms with Crippen molar-refractivity contribution in [1.82, 2.24) is 15.2 Å². The van der Waals surface area contributed by atoms with Crippen molar-refractivity contribution >= 4 is 11.8 Å². The lowest BCUT2D eigenvalue weighted by Crippen LogP contribution is -2.53. The number of benzene rings is 1. The third-order valence-corrected chi connectivity index (χ3v) is 7.53. The Labute approximate surface area is 198 Å². The van der Waals surface area contributed by atoms with Gasteiger partial charge in [0, 0.05) is 30.4 Å². The number of aromatic nitrogens is 1. The molecule has 1 saturated carbocycles. The highest BCUT2D eigenvalue weighted by Gasteiger charge is 2.39. The number of amides is 2. The second-order valence-electron chi connectivity index (χ2n) is 9.76. The molecule has 1 aromatic heterocycles. The quantitative estimate of drug-likeness (QED) is 0.608. The fourth-order valence-corrected chi connectivity index (χ4v) is 5.31. The standard InChI is InChI=1S/C28H37N3O2/c1-3-20(2)27(32)30-26(22-13-8-5-9-14-22)28(33)31-16-10-15-25(31)24-17-23(18-29-19-24)21-11-6-4-7-12-21/h4,6-7,11-12,17-20,22,25-26H,3,5,8-10,13-16H2,1-2H3,(H,30,32). The van der Waals surface area contributed by atoms with Crippen molar-refractivity contribution in [2.24, 2.45) is 11.8 Å². The normalized spacial score (nSPS) is 20.9. The van der Waals surface area contributed by atoms with E-state index < -0.39 is 6.04 Å². The molecule has 0 spiro atoms. The second kappa shape index (κ2) is 11.0. The topological polar surface area (TPSA) is 62.3 Å². The minimum Gasteiger partial charge on any atom is -0.344 e. The maximum atomic E-state index is 13.9. The number of carbonyl (C=O) groups is 2. The molecule has 3 atom stereocenters. The molecule has 0 radical (unpaired) electrons. The predicted octanol–water partition coefficient (Wildman–Crippen LogP) is 5.52. The van der Waals surface area contributed by atoms with Crippen molar-refractivity contribution < 1.29 is 9.59 Å². The summed E-state index contributed by atoms with van der Waals surface area (Å²) in [7, 11) is 0. The molecule has 4 rings (SSSR count). The number of nitrogens with one attached hydrogen (secondary N) is 1. The summed E-state index contributed by atoms with van der Waals surface area (Å²) in [5.74, 6) is 0.246. The Bertz CT molecular complexity index is 939. The van der Waals surface area contributed by atoms with Crippen LogP contribution in [0.3, 0.4) is 0 Å². The van der Waals surface area contributed by atoms with Gasteiger partial charge in [0.25, 0.3) is 0 Å². The van der Waals surface area contributed by atoms with Crippen LogP contribution in [0.5, 0.6) is 0 Å². The Morgan fingerprint density at radius 2 is 1.79 bits per heavy atom. The summed E-state index contributed by atoms with van der Waals surface area (Å²) in [5.41, 5.74) is 3.28. The molecule has 5 nitrogen and oxygen atoms in total. The molecule has 2 aliphatic rings. The Hall–Kier alpha value is -2.69.